The molecule has 134 valence electrons. The van der Waals surface area contributed by atoms with Gasteiger partial charge in [-0.3, -0.25) is 4.79 Å². The zero-order valence-corrected chi connectivity index (χ0v) is 17.3. The highest BCUT2D eigenvalue weighted by atomic mass is 127. The molecule has 0 aliphatic heterocycles. The average molecular weight is 509 g/mol. The summed E-state index contributed by atoms with van der Waals surface area (Å²) in [6, 6.07) is 17.9. The summed E-state index contributed by atoms with van der Waals surface area (Å²) in [5.74, 6) is 0.188. The van der Waals surface area contributed by atoms with Gasteiger partial charge in [0.15, 0.2) is 5.58 Å². The van der Waals surface area contributed by atoms with E-state index in [1.54, 1.807) is 42.5 Å². The maximum absolute atomic E-state index is 12.4. The van der Waals surface area contributed by atoms with E-state index in [0.29, 0.717) is 43.9 Å². The van der Waals surface area contributed by atoms with Crippen molar-refractivity contribution in [1.82, 2.24) is 4.98 Å². The lowest BCUT2D eigenvalue weighted by Crippen LogP contribution is -2.11. The minimum Gasteiger partial charge on any atom is -0.436 e. The molecule has 0 fully saturated rings. The van der Waals surface area contributed by atoms with Crippen LogP contribution in [0, 0.1) is 3.57 Å². The van der Waals surface area contributed by atoms with Crippen LogP contribution >= 0.6 is 45.8 Å². The molecule has 1 aromatic heterocycles. The van der Waals surface area contributed by atoms with Crippen LogP contribution in [0.15, 0.2) is 65.1 Å². The van der Waals surface area contributed by atoms with Gasteiger partial charge in [-0.25, -0.2) is 4.98 Å². The molecule has 0 radical (unpaired) electrons. The molecule has 4 nitrogen and oxygen atoms in total. The van der Waals surface area contributed by atoms with Crippen LogP contribution in [-0.2, 0) is 0 Å². The number of amides is 1. The maximum atomic E-state index is 12.4. The molecule has 0 unspecified atom stereocenters. The Morgan fingerprint density at radius 3 is 2.67 bits per heavy atom. The molecule has 0 saturated carbocycles. The number of fused-ring (bicyclic) bond motifs is 1. The molecule has 27 heavy (non-hydrogen) atoms. The Labute approximate surface area is 178 Å². The number of nitrogens with zero attached hydrogens (tertiary/aromatic N) is 1. The number of benzene rings is 3. The number of carbonyl (C=O) groups excluding carboxylic acids is 1. The Balaban J connectivity index is 1.65. The van der Waals surface area contributed by atoms with Gasteiger partial charge in [0.1, 0.15) is 5.52 Å². The monoisotopic (exact) mass is 508 g/mol. The SMILES string of the molecule is O=C(Nc1ccc2oc(-c3cccc(Cl)c3Cl)nc2c1)c1cccc(I)c1. The van der Waals surface area contributed by atoms with Gasteiger partial charge in [0.25, 0.3) is 5.91 Å². The molecule has 0 atom stereocenters. The van der Waals surface area contributed by atoms with Gasteiger partial charge in [-0.05, 0) is 71.1 Å². The third-order valence-corrected chi connectivity index (χ3v) is 5.40. The number of hydrogen-bond acceptors (Lipinski definition) is 3. The second-order valence-electron chi connectivity index (χ2n) is 5.77. The van der Waals surface area contributed by atoms with Crippen LogP contribution < -0.4 is 5.32 Å². The molecule has 1 N–H and O–H groups in total. The van der Waals surface area contributed by atoms with Crippen molar-refractivity contribution in [1.29, 1.82) is 0 Å². The summed E-state index contributed by atoms with van der Waals surface area (Å²) in [4.78, 5) is 16.9. The van der Waals surface area contributed by atoms with Crippen molar-refractivity contribution >= 4 is 68.5 Å². The molecular weight excluding hydrogens is 498 g/mol. The fourth-order valence-corrected chi connectivity index (χ4v) is 3.55. The number of halogens is 3. The Morgan fingerprint density at radius 2 is 1.85 bits per heavy atom. The highest BCUT2D eigenvalue weighted by Gasteiger charge is 2.14. The van der Waals surface area contributed by atoms with E-state index in [-0.39, 0.29) is 5.91 Å². The second-order valence-corrected chi connectivity index (χ2v) is 7.80. The molecule has 4 rings (SSSR count). The smallest absolute Gasteiger partial charge is 0.255 e. The van der Waals surface area contributed by atoms with Crippen LogP contribution in [0.4, 0.5) is 5.69 Å². The van der Waals surface area contributed by atoms with Gasteiger partial charge in [0.2, 0.25) is 5.89 Å². The molecule has 4 aromatic rings. The van der Waals surface area contributed by atoms with Crippen molar-refractivity contribution in [2.45, 2.75) is 0 Å². The van der Waals surface area contributed by atoms with Crippen molar-refractivity contribution < 1.29 is 9.21 Å². The topological polar surface area (TPSA) is 55.1 Å². The summed E-state index contributed by atoms with van der Waals surface area (Å²) in [5.41, 5.74) is 3.04. The van der Waals surface area contributed by atoms with E-state index in [2.05, 4.69) is 32.9 Å². The molecule has 0 aliphatic carbocycles. The van der Waals surface area contributed by atoms with Crippen LogP contribution in [0.1, 0.15) is 10.4 Å². The van der Waals surface area contributed by atoms with E-state index in [4.69, 9.17) is 27.6 Å². The van der Waals surface area contributed by atoms with E-state index >= 15 is 0 Å². The quantitative estimate of drug-likeness (QED) is 0.315. The van der Waals surface area contributed by atoms with Crippen LogP contribution in [0.25, 0.3) is 22.6 Å². The van der Waals surface area contributed by atoms with Crippen LogP contribution in [0.2, 0.25) is 10.0 Å². The summed E-state index contributed by atoms with van der Waals surface area (Å²) in [6.45, 7) is 0. The minimum atomic E-state index is -0.186. The lowest BCUT2D eigenvalue weighted by Gasteiger charge is -2.05. The number of rotatable bonds is 3. The Morgan fingerprint density at radius 1 is 1.04 bits per heavy atom. The van der Waals surface area contributed by atoms with E-state index in [1.807, 2.05) is 18.2 Å². The minimum absolute atomic E-state index is 0.186. The van der Waals surface area contributed by atoms with Crippen LogP contribution in [0.5, 0.6) is 0 Å². The summed E-state index contributed by atoms with van der Waals surface area (Å²) < 4.78 is 6.78. The van der Waals surface area contributed by atoms with Crippen molar-refractivity contribution in [3.8, 4) is 11.5 Å². The predicted octanol–water partition coefficient (Wildman–Crippen LogP) is 6.66. The van der Waals surface area contributed by atoms with Gasteiger partial charge in [0, 0.05) is 14.8 Å². The number of carbonyl (C=O) groups is 1. The second kappa shape index (κ2) is 7.50. The number of oxazole rings is 1. The Hall–Kier alpha value is -2.09. The number of anilines is 1. The lowest BCUT2D eigenvalue weighted by atomic mass is 10.2. The predicted molar refractivity (Wildman–Crippen MR) is 117 cm³/mol. The number of aromatic nitrogens is 1. The molecule has 0 aliphatic rings. The van der Waals surface area contributed by atoms with Crippen LogP contribution in [0.3, 0.4) is 0 Å². The molecule has 1 amide bonds. The first-order valence-electron chi connectivity index (χ1n) is 7.93. The van der Waals surface area contributed by atoms with E-state index in [9.17, 15) is 4.79 Å². The summed E-state index contributed by atoms with van der Waals surface area (Å²) in [7, 11) is 0. The molecule has 0 bridgehead atoms. The number of hydrogen-bond donors (Lipinski definition) is 1. The van der Waals surface area contributed by atoms with Crippen molar-refractivity contribution in [2.75, 3.05) is 5.32 Å². The summed E-state index contributed by atoms with van der Waals surface area (Å²) in [5, 5.41) is 3.70. The number of nitrogens with one attached hydrogen (secondary N) is 1. The standard InChI is InChI=1S/C20H11Cl2IN2O2/c21-15-6-2-5-14(18(15)22)20-25-16-10-13(7-8-17(16)27-20)24-19(26)11-3-1-4-12(23)9-11/h1-10H,(H,24,26). The lowest BCUT2D eigenvalue weighted by molar-refractivity contribution is 0.102. The molecule has 7 heteroatoms. The molecule has 1 heterocycles. The largest absolute Gasteiger partial charge is 0.436 e. The average Bonchev–Trinajstić information content (AvgIpc) is 3.07. The molecular formula is C20H11Cl2IN2O2. The van der Waals surface area contributed by atoms with Gasteiger partial charge >= 0.3 is 0 Å². The fraction of sp³-hybridized carbons (Fsp3) is 0. The Bertz CT molecular complexity index is 1170. The van der Waals surface area contributed by atoms with Gasteiger partial charge in [-0.1, -0.05) is 35.3 Å². The van der Waals surface area contributed by atoms with Crippen LogP contribution in [-0.4, -0.2) is 10.9 Å². The molecule has 3 aromatic carbocycles. The van der Waals surface area contributed by atoms with E-state index in [1.165, 1.54) is 0 Å². The van der Waals surface area contributed by atoms with Crippen molar-refractivity contribution in [3.05, 3.63) is 79.8 Å². The first-order valence-corrected chi connectivity index (χ1v) is 9.76. The fourth-order valence-electron chi connectivity index (χ4n) is 2.62. The van der Waals surface area contributed by atoms with E-state index < -0.39 is 0 Å². The van der Waals surface area contributed by atoms with Gasteiger partial charge in [-0.15, -0.1) is 0 Å². The summed E-state index contributed by atoms with van der Waals surface area (Å²) >= 11 is 14.5. The zero-order valence-electron chi connectivity index (χ0n) is 13.7. The normalized spacial score (nSPS) is 10.9. The first kappa shape index (κ1) is 18.3. The van der Waals surface area contributed by atoms with Gasteiger partial charge in [-0.2, -0.15) is 0 Å². The summed E-state index contributed by atoms with van der Waals surface area (Å²) in [6.07, 6.45) is 0. The Kier molecular flexibility index (Phi) is 5.08. The molecule has 0 spiro atoms. The van der Waals surface area contributed by atoms with E-state index in [0.717, 1.165) is 3.57 Å². The zero-order chi connectivity index (χ0) is 19.0. The van der Waals surface area contributed by atoms with Crippen molar-refractivity contribution in [2.24, 2.45) is 0 Å². The first-order chi connectivity index (χ1) is 13.0. The highest BCUT2D eigenvalue weighted by molar-refractivity contribution is 14.1. The van der Waals surface area contributed by atoms with Gasteiger partial charge in [0.05, 0.1) is 15.6 Å². The third kappa shape index (κ3) is 3.81. The third-order valence-electron chi connectivity index (χ3n) is 3.91. The highest BCUT2D eigenvalue weighted by Crippen LogP contribution is 2.34. The molecule has 0 saturated heterocycles. The van der Waals surface area contributed by atoms with Crippen molar-refractivity contribution in [3.63, 3.8) is 0 Å². The maximum Gasteiger partial charge on any atom is 0.255 e. The van der Waals surface area contributed by atoms with Gasteiger partial charge < -0.3 is 9.73 Å².